The number of halogens is 1. The lowest BCUT2D eigenvalue weighted by Gasteiger charge is -2.26. The maximum Gasteiger partial charge on any atom is 0.129 e. The van der Waals surface area contributed by atoms with E-state index < -0.39 is 0 Å². The fourth-order valence-corrected chi connectivity index (χ4v) is 1.33. The highest BCUT2D eigenvalue weighted by Gasteiger charge is 2.19. The third-order valence-electron chi connectivity index (χ3n) is 1.92. The van der Waals surface area contributed by atoms with Gasteiger partial charge in [-0.05, 0) is 25.1 Å². The number of aromatic nitrogens is 1. The number of hydrogen-bond acceptors (Lipinski definition) is 2. The zero-order valence-corrected chi connectivity index (χ0v) is 6.80. The van der Waals surface area contributed by atoms with Crippen LogP contribution in [-0.2, 0) is 0 Å². The fraction of sp³-hybridized carbons (Fsp3) is 0.375. The van der Waals surface area contributed by atoms with Crippen molar-refractivity contribution in [2.75, 3.05) is 6.54 Å². The molecule has 2 rings (SSSR count). The smallest absolute Gasteiger partial charge is 0.129 e. The van der Waals surface area contributed by atoms with Crippen molar-refractivity contribution in [1.82, 2.24) is 10.3 Å². The molecule has 0 aromatic carbocycles. The van der Waals surface area contributed by atoms with Crippen LogP contribution in [0.1, 0.15) is 18.2 Å². The lowest BCUT2D eigenvalue weighted by molar-refractivity contribution is 0.375. The van der Waals surface area contributed by atoms with Gasteiger partial charge >= 0.3 is 0 Å². The van der Waals surface area contributed by atoms with E-state index in [2.05, 4.69) is 10.3 Å². The van der Waals surface area contributed by atoms with Crippen molar-refractivity contribution in [2.45, 2.75) is 12.5 Å². The Morgan fingerprint density at radius 2 is 2.36 bits per heavy atom. The Kier molecular flexibility index (Phi) is 1.80. The summed E-state index contributed by atoms with van der Waals surface area (Å²) in [4.78, 5) is 4.20. The van der Waals surface area contributed by atoms with Crippen molar-refractivity contribution >= 4 is 11.6 Å². The minimum absolute atomic E-state index is 0.439. The predicted octanol–water partition coefficient (Wildman–Crippen LogP) is 1.77. The molecule has 1 N–H and O–H groups in total. The molecule has 0 saturated carbocycles. The minimum Gasteiger partial charge on any atom is -0.309 e. The third-order valence-corrected chi connectivity index (χ3v) is 2.13. The molecule has 3 heteroatoms. The maximum atomic E-state index is 5.73. The summed E-state index contributed by atoms with van der Waals surface area (Å²) in [6.45, 7) is 1.10. The molecule has 0 radical (unpaired) electrons. The SMILES string of the molecule is Clc1cccc([C@@H]2CCN2)n1. The van der Waals surface area contributed by atoms with E-state index in [0.717, 1.165) is 12.2 Å². The van der Waals surface area contributed by atoms with E-state index in [1.54, 1.807) is 6.07 Å². The van der Waals surface area contributed by atoms with Crippen LogP contribution in [0.25, 0.3) is 0 Å². The van der Waals surface area contributed by atoms with Gasteiger partial charge in [0.15, 0.2) is 0 Å². The molecule has 0 spiro atoms. The first-order chi connectivity index (χ1) is 5.36. The van der Waals surface area contributed by atoms with E-state index in [1.807, 2.05) is 12.1 Å². The Morgan fingerprint density at radius 1 is 1.55 bits per heavy atom. The Morgan fingerprint density at radius 3 is 2.91 bits per heavy atom. The molecule has 1 aliphatic rings. The van der Waals surface area contributed by atoms with E-state index in [4.69, 9.17) is 11.6 Å². The van der Waals surface area contributed by atoms with Gasteiger partial charge in [0.05, 0.1) is 11.7 Å². The van der Waals surface area contributed by atoms with Crippen LogP contribution < -0.4 is 5.32 Å². The van der Waals surface area contributed by atoms with Crippen LogP contribution in [0, 0.1) is 0 Å². The molecule has 1 atom stereocenters. The highest BCUT2D eigenvalue weighted by Crippen LogP contribution is 2.21. The maximum absolute atomic E-state index is 5.73. The van der Waals surface area contributed by atoms with Crippen LogP contribution in [-0.4, -0.2) is 11.5 Å². The Hall–Kier alpha value is -0.600. The van der Waals surface area contributed by atoms with Gasteiger partial charge in [-0.2, -0.15) is 0 Å². The summed E-state index contributed by atoms with van der Waals surface area (Å²) >= 11 is 5.73. The zero-order chi connectivity index (χ0) is 7.68. The standard InChI is InChI=1S/C8H9ClN2/c9-8-3-1-2-7(11-8)6-4-5-10-6/h1-3,6,10H,4-5H2/t6-/m0/s1. The monoisotopic (exact) mass is 168 g/mol. The summed E-state index contributed by atoms with van der Waals surface area (Å²) in [6, 6.07) is 6.17. The van der Waals surface area contributed by atoms with Crippen molar-refractivity contribution in [3.63, 3.8) is 0 Å². The van der Waals surface area contributed by atoms with Gasteiger partial charge < -0.3 is 5.32 Å². The molecule has 1 saturated heterocycles. The minimum atomic E-state index is 0.439. The molecular formula is C8H9ClN2. The summed E-state index contributed by atoms with van der Waals surface area (Å²) in [6.07, 6.45) is 1.17. The van der Waals surface area contributed by atoms with Crippen molar-refractivity contribution in [3.05, 3.63) is 29.0 Å². The van der Waals surface area contributed by atoms with Crippen LogP contribution in [0.5, 0.6) is 0 Å². The van der Waals surface area contributed by atoms with Crippen LogP contribution >= 0.6 is 11.6 Å². The van der Waals surface area contributed by atoms with Gasteiger partial charge in [-0.1, -0.05) is 17.7 Å². The van der Waals surface area contributed by atoms with E-state index in [-0.39, 0.29) is 0 Å². The first-order valence-electron chi connectivity index (χ1n) is 3.72. The molecule has 2 heterocycles. The summed E-state index contributed by atoms with van der Waals surface area (Å²) in [5, 5.41) is 3.85. The van der Waals surface area contributed by atoms with E-state index in [0.29, 0.717) is 11.2 Å². The molecule has 2 nitrogen and oxygen atoms in total. The highest BCUT2D eigenvalue weighted by atomic mass is 35.5. The summed E-state index contributed by atoms with van der Waals surface area (Å²) in [5.41, 5.74) is 1.06. The molecule has 1 aromatic heterocycles. The van der Waals surface area contributed by atoms with Gasteiger partial charge in [0.25, 0.3) is 0 Å². The second-order valence-electron chi connectivity index (χ2n) is 2.68. The molecule has 1 fully saturated rings. The number of nitrogens with zero attached hydrogens (tertiary/aromatic N) is 1. The molecule has 1 aliphatic heterocycles. The quantitative estimate of drug-likeness (QED) is 0.647. The Labute approximate surface area is 70.6 Å². The van der Waals surface area contributed by atoms with Crippen LogP contribution in [0.2, 0.25) is 5.15 Å². The molecule has 0 bridgehead atoms. The lowest BCUT2D eigenvalue weighted by Crippen LogP contribution is -2.35. The van der Waals surface area contributed by atoms with Gasteiger partial charge in [-0.3, -0.25) is 0 Å². The summed E-state index contributed by atoms with van der Waals surface area (Å²) < 4.78 is 0. The average molecular weight is 169 g/mol. The van der Waals surface area contributed by atoms with Crippen molar-refractivity contribution in [2.24, 2.45) is 0 Å². The van der Waals surface area contributed by atoms with Crippen molar-refractivity contribution < 1.29 is 0 Å². The number of rotatable bonds is 1. The van der Waals surface area contributed by atoms with Gasteiger partial charge in [-0.15, -0.1) is 0 Å². The second kappa shape index (κ2) is 2.80. The summed E-state index contributed by atoms with van der Waals surface area (Å²) in [7, 11) is 0. The highest BCUT2D eigenvalue weighted by molar-refractivity contribution is 6.29. The second-order valence-corrected chi connectivity index (χ2v) is 3.07. The number of hydrogen-bond donors (Lipinski definition) is 1. The van der Waals surface area contributed by atoms with Crippen molar-refractivity contribution in [1.29, 1.82) is 0 Å². The first-order valence-corrected chi connectivity index (χ1v) is 4.10. The molecular weight excluding hydrogens is 160 g/mol. The molecule has 0 unspecified atom stereocenters. The van der Waals surface area contributed by atoms with E-state index >= 15 is 0 Å². The molecule has 0 aliphatic carbocycles. The summed E-state index contributed by atoms with van der Waals surface area (Å²) in [5.74, 6) is 0. The van der Waals surface area contributed by atoms with Gasteiger partial charge in [0.1, 0.15) is 5.15 Å². The van der Waals surface area contributed by atoms with Crippen LogP contribution in [0.3, 0.4) is 0 Å². The largest absolute Gasteiger partial charge is 0.309 e. The van der Waals surface area contributed by atoms with Gasteiger partial charge in [0.2, 0.25) is 0 Å². The zero-order valence-electron chi connectivity index (χ0n) is 6.05. The molecule has 1 aromatic rings. The molecule has 11 heavy (non-hydrogen) atoms. The molecule has 58 valence electrons. The third kappa shape index (κ3) is 1.37. The molecule has 0 amide bonds. The van der Waals surface area contributed by atoms with E-state index in [1.165, 1.54) is 6.42 Å². The normalized spacial score (nSPS) is 22.8. The lowest BCUT2D eigenvalue weighted by atomic mass is 10.0. The fourth-order valence-electron chi connectivity index (χ4n) is 1.16. The Balaban J connectivity index is 2.23. The first kappa shape index (κ1) is 7.07. The van der Waals surface area contributed by atoms with Crippen LogP contribution in [0.4, 0.5) is 0 Å². The van der Waals surface area contributed by atoms with Crippen LogP contribution in [0.15, 0.2) is 18.2 Å². The van der Waals surface area contributed by atoms with Gasteiger partial charge in [-0.25, -0.2) is 4.98 Å². The van der Waals surface area contributed by atoms with Gasteiger partial charge in [0, 0.05) is 0 Å². The van der Waals surface area contributed by atoms with E-state index in [9.17, 15) is 0 Å². The van der Waals surface area contributed by atoms with Crippen molar-refractivity contribution in [3.8, 4) is 0 Å². The average Bonchev–Trinajstić information content (AvgIpc) is 1.83. The topological polar surface area (TPSA) is 24.9 Å². The number of pyridine rings is 1. The Bertz CT molecular complexity index is 258. The predicted molar refractivity (Wildman–Crippen MR) is 44.6 cm³/mol. The number of nitrogens with one attached hydrogen (secondary N) is 1.